The van der Waals surface area contributed by atoms with Gasteiger partial charge in [-0.1, -0.05) is 0 Å². The standard InChI is InChI=1S/C15H27NO6/c1-14(2,3)21-12(18)9-10(8-11(17)20-7)16-13(19)22-15(4,5)6/h10H,8-9H2,1-7H3,(H,16,19)/t10-/m0/s1. The first-order valence-electron chi connectivity index (χ1n) is 7.10. The van der Waals surface area contributed by atoms with Crippen LogP contribution in [0, 0.1) is 0 Å². The Morgan fingerprint density at radius 2 is 1.32 bits per heavy atom. The fraction of sp³-hybridized carbons (Fsp3) is 0.800. The number of carbonyl (C=O) groups is 3. The molecule has 0 rings (SSSR count). The van der Waals surface area contributed by atoms with E-state index in [4.69, 9.17) is 9.47 Å². The van der Waals surface area contributed by atoms with Crippen LogP contribution in [0.25, 0.3) is 0 Å². The van der Waals surface area contributed by atoms with Crippen LogP contribution in [0.2, 0.25) is 0 Å². The molecule has 1 N–H and O–H groups in total. The summed E-state index contributed by atoms with van der Waals surface area (Å²) in [4.78, 5) is 35.0. The van der Waals surface area contributed by atoms with E-state index in [1.165, 1.54) is 7.11 Å². The van der Waals surface area contributed by atoms with Crippen LogP contribution in [0.15, 0.2) is 0 Å². The third kappa shape index (κ3) is 10.9. The molecule has 0 saturated carbocycles. The molecule has 0 aromatic carbocycles. The summed E-state index contributed by atoms with van der Waals surface area (Å²) in [6.07, 6.45) is -0.995. The molecule has 7 nitrogen and oxygen atoms in total. The highest BCUT2D eigenvalue weighted by molar-refractivity contribution is 5.76. The normalized spacial score (nSPS) is 13.0. The summed E-state index contributed by atoms with van der Waals surface area (Å²) in [6.45, 7) is 10.4. The first kappa shape index (κ1) is 20.2. The van der Waals surface area contributed by atoms with Gasteiger partial charge in [-0.2, -0.15) is 0 Å². The van der Waals surface area contributed by atoms with E-state index >= 15 is 0 Å². The van der Waals surface area contributed by atoms with Crippen molar-refractivity contribution < 1.29 is 28.6 Å². The van der Waals surface area contributed by atoms with E-state index in [9.17, 15) is 14.4 Å². The van der Waals surface area contributed by atoms with E-state index in [1.54, 1.807) is 41.5 Å². The van der Waals surface area contributed by atoms with Crippen molar-refractivity contribution in [2.24, 2.45) is 0 Å². The van der Waals surface area contributed by atoms with E-state index in [0.29, 0.717) is 0 Å². The minimum absolute atomic E-state index is 0.144. The molecule has 7 heteroatoms. The highest BCUT2D eigenvalue weighted by Gasteiger charge is 2.26. The average Bonchev–Trinajstić information content (AvgIpc) is 2.22. The first-order valence-corrected chi connectivity index (χ1v) is 7.10. The van der Waals surface area contributed by atoms with Gasteiger partial charge in [-0.05, 0) is 41.5 Å². The lowest BCUT2D eigenvalue weighted by atomic mass is 10.1. The van der Waals surface area contributed by atoms with Crippen LogP contribution in [0.5, 0.6) is 0 Å². The van der Waals surface area contributed by atoms with E-state index in [2.05, 4.69) is 10.1 Å². The van der Waals surface area contributed by atoms with Gasteiger partial charge in [0.2, 0.25) is 0 Å². The topological polar surface area (TPSA) is 90.9 Å². The van der Waals surface area contributed by atoms with Crippen molar-refractivity contribution in [1.29, 1.82) is 0 Å². The Balaban J connectivity index is 4.72. The summed E-state index contributed by atoms with van der Waals surface area (Å²) >= 11 is 0. The molecule has 1 atom stereocenters. The second-order valence-corrected chi connectivity index (χ2v) is 6.91. The maximum atomic E-state index is 11.8. The van der Waals surface area contributed by atoms with Crippen LogP contribution in [0.1, 0.15) is 54.4 Å². The van der Waals surface area contributed by atoms with E-state index < -0.39 is 35.3 Å². The number of alkyl carbamates (subject to hydrolysis) is 1. The number of methoxy groups -OCH3 is 1. The molecule has 0 radical (unpaired) electrons. The zero-order chi connectivity index (χ0) is 17.6. The molecule has 0 aliphatic heterocycles. The molecule has 0 saturated heterocycles. The molecule has 0 heterocycles. The fourth-order valence-corrected chi connectivity index (χ4v) is 1.52. The molecule has 0 fully saturated rings. The lowest BCUT2D eigenvalue weighted by Crippen LogP contribution is -2.42. The minimum atomic E-state index is -0.753. The highest BCUT2D eigenvalue weighted by atomic mass is 16.6. The molecule has 0 unspecified atom stereocenters. The third-order valence-electron chi connectivity index (χ3n) is 2.19. The van der Waals surface area contributed by atoms with Crippen LogP contribution < -0.4 is 5.32 Å². The Bertz CT molecular complexity index is 375. The van der Waals surface area contributed by atoms with E-state index in [-0.39, 0.29) is 12.8 Å². The number of nitrogens with one attached hydrogen (secondary N) is 1. The third-order valence-corrected chi connectivity index (χ3v) is 2.19. The first-order chi connectivity index (χ1) is 9.82. The second kappa shape index (κ2) is 8.00. The summed E-state index contributed by atoms with van der Waals surface area (Å²) in [5, 5.41) is 2.49. The zero-order valence-corrected chi connectivity index (χ0v) is 14.4. The smallest absolute Gasteiger partial charge is 0.407 e. The SMILES string of the molecule is COC(=O)C[C@@H](CC(=O)OC(C)(C)C)NC(=O)OC(C)(C)C. The van der Waals surface area contributed by atoms with Crippen molar-refractivity contribution in [3.8, 4) is 0 Å². The zero-order valence-electron chi connectivity index (χ0n) is 14.4. The molecular weight excluding hydrogens is 290 g/mol. The molecule has 128 valence electrons. The summed E-state index contributed by atoms with van der Waals surface area (Å²) < 4.78 is 14.9. The lowest BCUT2D eigenvalue weighted by molar-refractivity contribution is -0.155. The quantitative estimate of drug-likeness (QED) is 0.617. The van der Waals surface area contributed by atoms with Crippen LogP contribution in [0.3, 0.4) is 0 Å². The average molecular weight is 317 g/mol. The number of carbonyl (C=O) groups excluding carboxylic acids is 3. The van der Waals surface area contributed by atoms with E-state index in [0.717, 1.165) is 0 Å². The van der Waals surface area contributed by atoms with E-state index in [1.807, 2.05) is 0 Å². The number of hydrogen-bond donors (Lipinski definition) is 1. The molecule has 0 aliphatic rings. The summed E-state index contributed by atoms with van der Waals surface area (Å²) in [6, 6.07) is -0.753. The van der Waals surface area contributed by atoms with Crippen LogP contribution in [-0.2, 0) is 23.8 Å². The Labute approximate surface area is 131 Å². The van der Waals surface area contributed by atoms with Gasteiger partial charge in [0.25, 0.3) is 0 Å². The van der Waals surface area contributed by atoms with Crippen molar-refractivity contribution in [3.05, 3.63) is 0 Å². The van der Waals surface area contributed by atoms with Gasteiger partial charge < -0.3 is 19.5 Å². The largest absolute Gasteiger partial charge is 0.469 e. The fourth-order valence-electron chi connectivity index (χ4n) is 1.52. The molecule has 0 aliphatic carbocycles. The minimum Gasteiger partial charge on any atom is -0.469 e. The van der Waals surface area contributed by atoms with Gasteiger partial charge in [0.05, 0.1) is 26.0 Å². The summed E-state index contributed by atoms with van der Waals surface area (Å²) in [7, 11) is 1.24. The van der Waals surface area contributed by atoms with Gasteiger partial charge >= 0.3 is 18.0 Å². The molecular formula is C15H27NO6. The van der Waals surface area contributed by atoms with Crippen LogP contribution in [0.4, 0.5) is 4.79 Å². The number of hydrogen-bond acceptors (Lipinski definition) is 6. The predicted octanol–water partition coefficient (Wildman–Crippen LogP) is 2.17. The monoisotopic (exact) mass is 317 g/mol. The van der Waals surface area contributed by atoms with Gasteiger partial charge in [0, 0.05) is 0 Å². The number of ether oxygens (including phenoxy) is 3. The summed E-state index contributed by atoms with van der Waals surface area (Å²) in [5.41, 5.74) is -1.31. The van der Waals surface area contributed by atoms with Crippen molar-refractivity contribution >= 4 is 18.0 Å². The maximum Gasteiger partial charge on any atom is 0.407 e. The van der Waals surface area contributed by atoms with Gasteiger partial charge in [-0.15, -0.1) is 0 Å². The Kier molecular flexibility index (Phi) is 7.35. The van der Waals surface area contributed by atoms with Gasteiger partial charge in [0.15, 0.2) is 0 Å². The Morgan fingerprint density at radius 1 is 0.864 bits per heavy atom. The molecule has 0 bridgehead atoms. The molecule has 0 spiro atoms. The second-order valence-electron chi connectivity index (χ2n) is 6.91. The van der Waals surface area contributed by atoms with Crippen molar-refractivity contribution in [1.82, 2.24) is 5.32 Å². The Morgan fingerprint density at radius 3 is 1.73 bits per heavy atom. The van der Waals surface area contributed by atoms with Crippen molar-refractivity contribution in [2.75, 3.05) is 7.11 Å². The molecule has 1 amide bonds. The number of esters is 2. The maximum absolute atomic E-state index is 11.8. The lowest BCUT2D eigenvalue weighted by Gasteiger charge is -2.24. The number of amides is 1. The van der Waals surface area contributed by atoms with Crippen LogP contribution >= 0.6 is 0 Å². The van der Waals surface area contributed by atoms with Gasteiger partial charge in [0.1, 0.15) is 11.2 Å². The Hall–Kier alpha value is -1.79. The predicted molar refractivity (Wildman–Crippen MR) is 80.3 cm³/mol. The van der Waals surface area contributed by atoms with Crippen molar-refractivity contribution in [2.45, 2.75) is 71.6 Å². The van der Waals surface area contributed by atoms with Gasteiger partial charge in [-0.3, -0.25) is 9.59 Å². The molecule has 0 aromatic heterocycles. The van der Waals surface area contributed by atoms with Crippen molar-refractivity contribution in [3.63, 3.8) is 0 Å². The molecule has 0 aromatic rings. The molecule has 22 heavy (non-hydrogen) atoms. The van der Waals surface area contributed by atoms with Crippen LogP contribution in [-0.4, -0.2) is 42.4 Å². The summed E-state index contributed by atoms with van der Waals surface area (Å²) in [5.74, 6) is -1.05. The number of rotatable bonds is 5. The highest BCUT2D eigenvalue weighted by Crippen LogP contribution is 2.12. The van der Waals surface area contributed by atoms with Gasteiger partial charge in [-0.25, -0.2) is 4.79 Å².